The Morgan fingerprint density at radius 3 is 2.79 bits per heavy atom. The number of nitriles is 1. The third-order valence-electron chi connectivity index (χ3n) is 3.84. The molecule has 0 bridgehead atoms. The summed E-state index contributed by atoms with van der Waals surface area (Å²) in [6, 6.07) is 12.4. The number of anilines is 1. The minimum Gasteiger partial charge on any atom is -0.454 e. The van der Waals surface area contributed by atoms with E-state index in [1.165, 1.54) is 6.08 Å². The van der Waals surface area contributed by atoms with Crippen LogP contribution in [0.25, 0.3) is 6.08 Å². The number of nitrogens with zero attached hydrogens (tertiary/aromatic N) is 1. The molecular formula is C20H15IN2O5. The highest BCUT2D eigenvalue weighted by molar-refractivity contribution is 14.1. The van der Waals surface area contributed by atoms with Gasteiger partial charge < -0.3 is 19.5 Å². The molecule has 1 amide bonds. The Hall–Kier alpha value is -3.06. The Bertz CT molecular complexity index is 1010. The maximum Gasteiger partial charge on any atom is 0.349 e. The topological polar surface area (TPSA) is 97.7 Å². The molecule has 0 atom stereocenters. The molecule has 0 unspecified atom stereocenters. The molecule has 0 aromatic heterocycles. The van der Waals surface area contributed by atoms with E-state index in [2.05, 4.69) is 27.9 Å². The van der Waals surface area contributed by atoms with Crippen molar-refractivity contribution in [3.63, 3.8) is 0 Å². The molecule has 8 heteroatoms. The smallest absolute Gasteiger partial charge is 0.349 e. The molecule has 0 saturated heterocycles. The number of aryl methyl sites for hydroxylation is 1. The highest BCUT2D eigenvalue weighted by atomic mass is 127. The number of benzene rings is 2. The number of hydrogen-bond donors (Lipinski definition) is 1. The second kappa shape index (κ2) is 8.75. The van der Waals surface area contributed by atoms with E-state index >= 15 is 0 Å². The minimum absolute atomic E-state index is 0.130. The lowest BCUT2D eigenvalue weighted by Crippen LogP contribution is -2.21. The van der Waals surface area contributed by atoms with Gasteiger partial charge in [0.25, 0.3) is 5.91 Å². The average Bonchev–Trinajstić information content (AvgIpc) is 3.14. The van der Waals surface area contributed by atoms with Gasteiger partial charge in [0, 0.05) is 9.26 Å². The lowest BCUT2D eigenvalue weighted by atomic mass is 10.1. The van der Waals surface area contributed by atoms with Crippen molar-refractivity contribution in [2.75, 3.05) is 18.7 Å². The van der Waals surface area contributed by atoms with Crippen molar-refractivity contribution in [2.24, 2.45) is 0 Å². The normalized spacial score (nSPS) is 12.2. The molecule has 0 saturated carbocycles. The second-order valence-electron chi connectivity index (χ2n) is 5.87. The predicted molar refractivity (Wildman–Crippen MR) is 110 cm³/mol. The number of hydrogen-bond acceptors (Lipinski definition) is 6. The van der Waals surface area contributed by atoms with E-state index in [-0.39, 0.29) is 12.4 Å². The highest BCUT2D eigenvalue weighted by Gasteiger charge is 2.16. The number of carbonyl (C=O) groups is 2. The van der Waals surface area contributed by atoms with Gasteiger partial charge in [-0.15, -0.1) is 0 Å². The summed E-state index contributed by atoms with van der Waals surface area (Å²) in [5.41, 5.74) is 1.89. The average molecular weight is 490 g/mol. The minimum atomic E-state index is -0.880. The number of fused-ring (bicyclic) bond motifs is 1. The number of amides is 1. The number of esters is 1. The van der Waals surface area contributed by atoms with Gasteiger partial charge in [0.05, 0.1) is 0 Å². The van der Waals surface area contributed by atoms with Crippen LogP contribution in [0.3, 0.4) is 0 Å². The molecule has 3 rings (SSSR count). The lowest BCUT2D eigenvalue weighted by molar-refractivity contribution is -0.142. The Labute approximate surface area is 175 Å². The largest absolute Gasteiger partial charge is 0.454 e. The first-order valence-electron chi connectivity index (χ1n) is 8.21. The van der Waals surface area contributed by atoms with Crippen LogP contribution in [0.2, 0.25) is 0 Å². The number of ether oxygens (including phenoxy) is 3. The molecule has 1 N–H and O–H groups in total. The van der Waals surface area contributed by atoms with Crippen LogP contribution in [0.4, 0.5) is 5.69 Å². The summed E-state index contributed by atoms with van der Waals surface area (Å²) in [5.74, 6) is -0.236. The fourth-order valence-electron chi connectivity index (χ4n) is 2.47. The van der Waals surface area contributed by atoms with Gasteiger partial charge in [-0.1, -0.05) is 6.07 Å². The first kappa shape index (κ1) is 19.7. The quantitative estimate of drug-likeness (QED) is 0.299. The van der Waals surface area contributed by atoms with E-state index in [1.54, 1.807) is 30.3 Å². The Morgan fingerprint density at radius 1 is 1.25 bits per heavy atom. The van der Waals surface area contributed by atoms with Crippen molar-refractivity contribution >= 4 is 46.2 Å². The van der Waals surface area contributed by atoms with Crippen LogP contribution < -0.4 is 14.8 Å². The molecule has 0 radical (unpaired) electrons. The van der Waals surface area contributed by atoms with E-state index in [0.29, 0.717) is 22.7 Å². The Kier molecular flexibility index (Phi) is 6.16. The Morgan fingerprint density at radius 2 is 2.04 bits per heavy atom. The van der Waals surface area contributed by atoms with Gasteiger partial charge in [-0.3, -0.25) is 4.79 Å². The molecular weight excluding hydrogens is 475 g/mol. The van der Waals surface area contributed by atoms with Crippen molar-refractivity contribution < 1.29 is 23.8 Å². The first-order valence-corrected chi connectivity index (χ1v) is 9.28. The molecule has 0 spiro atoms. The van der Waals surface area contributed by atoms with Crippen LogP contribution in [0, 0.1) is 21.8 Å². The summed E-state index contributed by atoms with van der Waals surface area (Å²) in [7, 11) is 0. The van der Waals surface area contributed by atoms with Crippen LogP contribution in [0.15, 0.2) is 42.0 Å². The summed E-state index contributed by atoms with van der Waals surface area (Å²) in [5, 5.41) is 11.9. The first-order chi connectivity index (χ1) is 13.5. The van der Waals surface area contributed by atoms with Gasteiger partial charge in [-0.2, -0.15) is 5.26 Å². The fourth-order valence-corrected chi connectivity index (χ4v) is 3.12. The zero-order chi connectivity index (χ0) is 20.1. The summed E-state index contributed by atoms with van der Waals surface area (Å²) < 4.78 is 16.5. The number of rotatable bonds is 5. The van der Waals surface area contributed by atoms with Gasteiger partial charge in [0.1, 0.15) is 11.6 Å². The predicted octanol–water partition coefficient (Wildman–Crippen LogP) is 3.42. The van der Waals surface area contributed by atoms with Gasteiger partial charge in [0.15, 0.2) is 18.1 Å². The fraction of sp³-hybridized carbons (Fsp3) is 0.150. The van der Waals surface area contributed by atoms with E-state index in [1.807, 2.05) is 19.1 Å². The van der Waals surface area contributed by atoms with E-state index in [9.17, 15) is 14.9 Å². The van der Waals surface area contributed by atoms with Gasteiger partial charge in [-0.05, 0) is 77.0 Å². The molecule has 2 aromatic carbocycles. The monoisotopic (exact) mass is 490 g/mol. The lowest BCUT2D eigenvalue weighted by Gasteiger charge is -2.09. The number of nitrogens with one attached hydrogen (secondary N) is 1. The summed E-state index contributed by atoms with van der Waals surface area (Å²) in [6.07, 6.45) is 1.37. The molecule has 2 aromatic rings. The van der Waals surface area contributed by atoms with Crippen molar-refractivity contribution in [3.8, 4) is 17.6 Å². The third-order valence-corrected chi connectivity index (χ3v) is 4.52. The van der Waals surface area contributed by atoms with Crippen LogP contribution in [-0.2, 0) is 14.3 Å². The molecule has 0 fully saturated rings. The summed E-state index contributed by atoms with van der Waals surface area (Å²) in [4.78, 5) is 24.2. The standard InChI is InChI=1S/C20H15IN2O5/c1-12-6-15(21)3-4-16(12)23-19(24)10-26-20(25)14(9-22)7-13-2-5-17-18(8-13)28-11-27-17/h2-8H,10-11H2,1H3,(H,23,24)/b14-7+. The van der Waals surface area contributed by atoms with Crippen molar-refractivity contribution in [1.29, 1.82) is 5.26 Å². The molecule has 7 nitrogen and oxygen atoms in total. The maximum absolute atomic E-state index is 12.1. The highest BCUT2D eigenvalue weighted by Crippen LogP contribution is 2.33. The molecule has 1 aliphatic rings. The molecule has 142 valence electrons. The number of carbonyl (C=O) groups excluding carboxylic acids is 2. The van der Waals surface area contributed by atoms with Gasteiger partial charge in [-0.25, -0.2) is 4.79 Å². The van der Waals surface area contributed by atoms with E-state index in [4.69, 9.17) is 14.2 Å². The number of halogens is 1. The van der Waals surface area contributed by atoms with Crippen LogP contribution in [0.5, 0.6) is 11.5 Å². The van der Waals surface area contributed by atoms with Gasteiger partial charge in [0.2, 0.25) is 6.79 Å². The van der Waals surface area contributed by atoms with Crippen molar-refractivity contribution in [2.45, 2.75) is 6.92 Å². The SMILES string of the molecule is Cc1cc(I)ccc1NC(=O)COC(=O)/C(C#N)=C/c1ccc2c(c1)OCO2. The van der Waals surface area contributed by atoms with Crippen molar-refractivity contribution in [1.82, 2.24) is 0 Å². The molecule has 28 heavy (non-hydrogen) atoms. The van der Waals surface area contributed by atoms with Crippen molar-refractivity contribution in [3.05, 3.63) is 56.7 Å². The third kappa shape index (κ3) is 4.80. The van der Waals surface area contributed by atoms with Crippen LogP contribution >= 0.6 is 22.6 Å². The second-order valence-corrected chi connectivity index (χ2v) is 7.11. The summed E-state index contributed by atoms with van der Waals surface area (Å²) >= 11 is 2.18. The summed E-state index contributed by atoms with van der Waals surface area (Å²) in [6.45, 7) is 1.50. The van der Waals surface area contributed by atoms with E-state index < -0.39 is 18.5 Å². The molecule has 1 heterocycles. The van der Waals surface area contributed by atoms with Crippen LogP contribution in [-0.4, -0.2) is 25.3 Å². The Balaban J connectivity index is 1.61. The molecule has 1 aliphatic heterocycles. The zero-order valence-electron chi connectivity index (χ0n) is 14.8. The maximum atomic E-state index is 12.1. The molecule has 0 aliphatic carbocycles. The van der Waals surface area contributed by atoms with Gasteiger partial charge >= 0.3 is 5.97 Å². The zero-order valence-corrected chi connectivity index (χ0v) is 17.0. The van der Waals surface area contributed by atoms with E-state index in [0.717, 1.165) is 9.13 Å². The van der Waals surface area contributed by atoms with Crippen LogP contribution in [0.1, 0.15) is 11.1 Å².